The molecule has 0 radical (unpaired) electrons. The largest absolute Gasteiger partial charge is 0.394 e. The molecule has 0 aliphatic carbocycles. The van der Waals surface area contributed by atoms with E-state index < -0.39 is 0 Å². The lowest BCUT2D eigenvalue weighted by atomic mass is 10.1. The number of aliphatic hydroxyl groups excluding tert-OH is 1. The van der Waals surface area contributed by atoms with Gasteiger partial charge < -0.3 is 10.4 Å². The minimum absolute atomic E-state index is 0.00890. The van der Waals surface area contributed by atoms with Crippen molar-refractivity contribution in [3.8, 4) is 0 Å². The predicted molar refractivity (Wildman–Crippen MR) is 80.4 cm³/mol. The Kier molecular flexibility index (Phi) is 3.98. The molecule has 2 N–H and O–H groups in total. The number of fused-ring (bicyclic) bond motifs is 1. The van der Waals surface area contributed by atoms with Crippen molar-refractivity contribution in [3.05, 3.63) is 53.4 Å². The summed E-state index contributed by atoms with van der Waals surface area (Å²) >= 11 is 5.97. The first-order chi connectivity index (χ1) is 10.3. The van der Waals surface area contributed by atoms with E-state index in [0.29, 0.717) is 23.2 Å². The quantitative estimate of drug-likeness (QED) is 0.703. The van der Waals surface area contributed by atoms with Gasteiger partial charge in [0.25, 0.3) is 5.78 Å². The zero-order valence-corrected chi connectivity index (χ0v) is 11.9. The maximum absolute atomic E-state index is 9.58. The van der Waals surface area contributed by atoms with Gasteiger partial charge in [0.05, 0.1) is 12.6 Å². The number of hydrogen-bond donors (Lipinski definition) is 2. The number of nitrogens with one attached hydrogen (secondary N) is 1. The highest BCUT2D eigenvalue weighted by Gasteiger charge is 2.12. The lowest BCUT2D eigenvalue weighted by Crippen LogP contribution is -2.27. The third-order valence-electron chi connectivity index (χ3n) is 3.12. The number of aliphatic hydroxyl groups is 1. The van der Waals surface area contributed by atoms with Crippen LogP contribution in [0.1, 0.15) is 5.56 Å². The maximum Gasteiger partial charge on any atom is 0.255 e. The Balaban J connectivity index is 1.84. The average Bonchev–Trinajstić information content (AvgIpc) is 2.96. The van der Waals surface area contributed by atoms with Gasteiger partial charge in [-0.15, -0.1) is 0 Å². The molecule has 1 unspecified atom stereocenters. The lowest BCUT2D eigenvalue weighted by molar-refractivity contribution is 0.273. The van der Waals surface area contributed by atoms with Crippen molar-refractivity contribution in [2.45, 2.75) is 12.5 Å². The van der Waals surface area contributed by atoms with E-state index in [9.17, 15) is 5.11 Å². The fourth-order valence-electron chi connectivity index (χ4n) is 2.16. The number of anilines is 1. The molecule has 0 bridgehead atoms. The van der Waals surface area contributed by atoms with Crippen LogP contribution >= 0.6 is 11.6 Å². The fraction of sp³-hybridized carbons (Fsp3) is 0.214. The number of halogens is 1. The minimum Gasteiger partial charge on any atom is -0.394 e. The zero-order chi connectivity index (χ0) is 14.7. The van der Waals surface area contributed by atoms with Crippen molar-refractivity contribution < 1.29 is 5.11 Å². The van der Waals surface area contributed by atoms with Crippen LogP contribution in [-0.4, -0.2) is 37.3 Å². The van der Waals surface area contributed by atoms with Crippen LogP contribution in [0.4, 0.5) is 5.82 Å². The molecule has 0 spiro atoms. The molecule has 108 valence electrons. The molecule has 3 aromatic rings. The molecule has 6 nitrogen and oxygen atoms in total. The molecule has 0 aliphatic heterocycles. The van der Waals surface area contributed by atoms with Gasteiger partial charge in [-0.3, -0.25) is 0 Å². The van der Waals surface area contributed by atoms with Crippen LogP contribution in [0.2, 0.25) is 5.15 Å². The Morgan fingerprint density at radius 2 is 2.10 bits per heavy atom. The van der Waals surface area contributed by atoms with Gasteiger partial charge in [-0.25, -0.2) is 0 Å². The van der Waals surface area contributed by atoms with Crippen LogP contribution in [0.15, 0.2) is 42.7 Å². The van der Waals surface area contributed by atoms with Crippen molar-refractivity contribution in [2.24, 2.45) is 0 Å². The second-order valence-corrected chi connectivity index (χ2v) is 5.04. The third kappa shape index (κ3) is 3.12. The molecule has 3 rings (SSSR count). The monoisotopic (exact) mass is 303 g/mol. The van der Waals surface area contributed by atoms with Gasteiger partial charge in [0.15, 0.2) is 0 Å². The fourth-order valence-corrected chi connectivity index (χ4v) is 2.33. The summed E-state index contributed by atoms with van der Waals surface area (Å²) in [6.07, 6.45) is 2.10. The smallest absolute Gasteiger partial charge is 0.255 e. The first-order valence-electron chi connectivity index (χ1n) is 6.54. The van der Waals surface area contributed by atoms with Gasteiger partial charge >= 0.3 is 0 Å². The van der Waals surface area contributed by atoms with E-state index in [4.69, 9.17) is 11.6 Å². The summed E-state index contributed by atoms with van der Waals surface area (Å²) in [5.41, 5.74) is 1.14. The number of rotatable bonds is 5. The molecular weight excluding hydrogens is 290 g/mol. The van der Waals surface area contributed by atoms with Gasteiger partial charge in [0.2, 0.25) is 0 Å². The SMILES string of the molecule is OCC(Cc1ccccc1)Nc1cc(Cl)nc2ncnn12. The summed E-state index contributed by atoms with van der Waals surface area (Å²) in [7, 11) is 0. The maximum atomic E-state index is 9.58. The molecule has 1 atom stereocenters. The lowest BCUT2D eigenvalue weighted by Gasteiger charge is -2.18. The van der Waals surface area contributed by atoms with Gasteiger partial charge in [0, 0.05) is 6.07 Å². The van der Waals surface area contributed by atoms with E-state index in [-0.39, 0.29) is 12.6 Å². The normalized spacial score (nSPS) is 12.5. The zero-order valence-electron chi connectivity index (χ0n) is 11.1. The molecule has 7 heteroatoms. The van der Waals surface area contributed by atoms with Crippen LogP contribution in [0.5, 0.6) is 0 Å². The van der Waals surface area contributed by atoms with Crippen molar-refractivity contribution in [1.82, 2.24) is 19.6 Å². The summed E-state index contributed by atoms with van der Waals surface area (Å²) in [6.45, 7) is -0.00890. The van der Waals surface area contributed by atoms with Crippen LogP contribution < -0.4 is 5.32 Å². The van der Waals surface area contributed by atoms with Crippen LogP contribution in [0.3, 0.4) is 0 Å². The first kappa shape index (κ1) is 13.8. The summed E-state index contributed by atoms with van der Waals surface area (Å²) in [4.78, 5) is 8.08. The molecular formula is C14H14ClN5O. The van der Waals surface area contributed by atoms with Crippen molar-refractivity contribution >= 4 is 23.2 Å². The van der Waals surface area contributed by atoms with Crippen molar-refractivity contribution in [3.63, 3.8) is 0 Å². The number of benzene rings is 1. The van der Waals surface area contributed by atoms with E-state index >= 15 is 0 Å². The molecule has 0 saturated heterocycles. The molecule has 1 aromatic carbocycles. The number of hydrogen-bond acceptors (Lipinski definition) is 5. The molecule has 0 aliphatic rings. The van der Waals surface area contributed by atoms with Crippen LogP contribution in [-0.2, 0) is 6.42 Å². The Morgan fingerprint density at radius 1 is 1.29 bits per heavy atom. The summed E-state index contributed by atoms with van der Waals surface area (Å²) in [5, 5.41) is 17.2. The molecule has 0 amide bonds. The highest BCUT2D eigenvalue weighted by molar-refractivity contribution is 6.29. The highest BCUT2D eigenvalue weighted by atomic mass is 35.5. The van der Waals surface area contributed by atoms with E-state index in [1.54, 1.807) is 10.6 Å². The van der Waals surface area contributed by atoms with Crippen LogP contribution in [0, 0.1) is 0 Å². The van der Waals surface area contributed by atoms with Crippen molar-refractivity contribution in [1.29, 1.82) is 0 Å². The Morgan fingerprint density at radius 3 is 2.86 bits per heavy atom. The van der Waals surface area contributed by atoms with Crippen molar-refractivity contribution in [2.75, 3.05) is 11.9 Å². The van der Waals surface area contributed by atoms with Crippen LogP contribution in [0.25, 0.3) is 5.78 Å². The number of nitrogens with zero attached hydrogens (tertiary/aromatic N) is 4. The topological polar surface area (TPSA) is 75.3 Å². The summed E-state index contributed by atoms with van der Waals surface area (Å²) in [5.74, 6) is 1.07. The second-order valence-electron chi connectivity index (χ2n) is 4.65. The minimum atomic E-state index is -0.154. The molecule has 0 fully saturated rings. The molecule has 2 aromatic heterocycles. The summed E-state index contributed by atoms with van der Waals surface area (Å²) < 4.78 is 1.56. The second kappa shape index (κ2) is 6.07. The van der Waals surface area contributed by atoms with Gasteiger partial charge in [-0.05, 0) is 12.0 Å². The van der Waals surface area contributed by atoms with Gasteiger partial charge in [-0.1, -0.05) is 41.9 Å². The summed E-state index contributed by atoms with van der Waals surface area (Å²) in [6, 6.07) is 11.5. The van der Waals surface area contributed by atoms with E-state index in [1.807, 2.05) is 30.3 Å². The number of aromatic nitrogens is 4. The highest BCUT2D eigenvalue weighted by Crippen LogP contribution is 2.16. The Labute approximate surface area is 126 Å². The molecule has 2 heterocycles. The molecule has 0 saturated carbocycles. The molecule has 21 heavy (non-hydrogen) atoms. The van der Waals surface area contributed by atoms with Gasteiger partial charge in [-0.2, -0.15) is 19.6 Å². The standard InChI is InChI=1S/C14H14ClN5O/c15-12-7-13(20-14(19-12)16-9-17-20)18-11(8-21)6-10-4-2-1-3-5-10/h1-5,7,9,11,18,21H,6,8H2. The van der Waals surface area contributed by atoms with E-state index in [1.165, 1.54) is 6.33 Å². The third-order valence-corrected chi connectivity index (χ3v) is 3.31. The van der Waals surface area contributed by atoms with Gasteiger partial charge in [0.1, 0.15) is 17.3 Å². The Bertz CT molecular complexity index is 731. The Hall–Kier alpha value is -2.18. The first-order valence-corrected chi connectivity index (χ1v) is 6.91. The van der Waals surface area contributed by atoms with E-state index in [2.05, 4.69) is 20.4 Å². The van der Waals surface area contributed by atoms with E-state index in [0.717, 1.165) is 5.56 Å². The predicted octanol–water partition coefficient (Wildman–Crippen LogP) is 1.79. The average molecular weight is 304 g/mol.